The first kappa shape index (κ1) is 22.9. The van der Waals surface area contributed by atoms with Crippen molar-refractivity contribution in [1.82, 2.24) is 15.5 Å². The lowest BCUT2D eigenvalue weighted by Crippen LogP contribution is -2.46. The lowest BCUT2D eigenvalue weighted by molar-refractivity contribution is 0.147. The van der Waals surface area contributed by atoms with E-state index in [0.717, 1.165) is 13.1 Å². The summed E-state index contributed by atoms with van der Waals surface area (Å²) in [5.41, 5.74) is 0. The third kappa shape index (κ3) is 9.09. The lowest BCUT2D eigenvalue weighted by atomic mass is 10.0. The molecule has 1 fully saturated rings. The summed E-state index contributed by atoms with van der Waals surface area (Å²) in [4.78, 5) is 6.68. The average Bonchev–Trinajstić information content (AvgIpc) is 2.53. The summed E-state index contributed by atoms with van der Waals surface area (Å²) in [5, 5.41) is 6.33. The minimum absolute atomic E-state index is 0. The Kier molecular flexibility index (Phi) is 12.2. The second-order valence-corrected chi connectivity index (χ2v) is 8.23. The van der Waals surface area contributed by atoms with Gasteiger partial charge in [0.25, 0.3) is 0 Å². The first-order valence-corrected chi connectivity index (χ1v) is 10.2. The fraction of sp³-hybridized carbons (Fsp3) is 0.933. The summed E-state index contributed by atoms with van der Waals surface area (Å²) in [6.07, 6.45) is 5.15. The van der Waals surface area contributed by atoms with Gasteiger partial charge in [-0.3, -0.25) is 9.89 Å². The van der Waals surface area contributed by atoms with Gasteiger partial charge in [0.05, 0.1) is 5.75 Å². The minimum atomic E-state index is -2.93. The van der Waals surface area contributed by atoms with E-state index in [2.05, 4.69) is 27.4 Å². The van der Waals surface area contributed by atoms with Crippen molar-refractivity contribution in [3.63, 3.8) is 0 Å². The monoisotopic (exact) mass is 460 g/mol. The number of likely N-dealkylation sites (tertiary alicyclic amines) is 1. The van der Waals surface area contributed by atoms with E-state index in [0.29, 0.717) is 18.5 Å². The van der Waals surface area contributed by atoms with Crippen LogP contribution in [0.15, 0.2) is 4.99 Å². The van der Waals surface area contributed by atoms with E-state index in [1.54, 1.807) is 14.0 Å². The molecule has 138 valence electrons. The van der Waals surface area contributed by atoms with E-state index in [4.69, 9.17) is 0 Å². The van der Waals surface area contributed by atoms with Crippen LogP contribution in [0.25, 0.3) is 0 Å². The summed E-state index contributed by atoms with van der Waals surface area (Å²) in [6, 6.07) is 0.709. The molecule has 2 N–H and O–H groups in total. The van der Waals surface area contributed by atoms with E-state index >= 15 is 0 Å². The molecule has 1 saturated heterocycles. The van der Waals surface area contributed by atoms with Crippen LogP contribution in [0.3, 0.4) is 0 Å². The highest BCUT2D eigenvalue weighted by Gasteiger charge is 2.19. The van der Waals surface area contributed by atoms with Gasteiger partial charge in [-0.15, -0.1) is 24.0 Å². The number of piperidine rings is 1. The Balaban J connectivity index is 0.00000484. The molecular weight excluding hydrogens is 427 g/mol. The third-order valence-electron chi connectivity index (χ3n) is 4.28. The molecule has 0 spiro atoms. The zero-order chi connectivity index (χ0) is 16.4. The van der Waals surface area contributed by atoms with Crippen molar-refractivity contribution in [3.8, 4) is 0 Å². The van der Waals surface area contributed by atoms with Crippen molar-refractivity contribution in [3.05, 3.63) is 0 Å². The second kappa shape index (κ2) is 12.3. The molecule has 1 heterocycles. The zero-order valence-electron chi connectivity index (χ0n) is 14.7. The third-order valence-corrected chi connectivity index (χ3v) is 5.99. The van der Waals surface area contributed by atoms with Gasteiger partial charge in [-0.2, -0.15) is 0 Å². The van der Waals surface area contributed by atoms with Gasteiger partial charge in [-0.1, -0.05) is 20.3 Å². The first-order valence-electron chi connectivity index (χ1n) is 8.41. The minimum Gasteiger partial charge on any atom is -0.355 e. The average molecular weight is 460 g/mol. The maximum atomic E-state index is 11.5. The van der Waals surface area contributed by atoms with Gasteiger partial charge < -0.3 is 10.6 Å². The van der Waals surface area contributed by atoms with E-state index < -0.39 is 9.84 Å². The highest BCUT2D eigenvalue weighted by Crippen LogP contribution is 2.18. The van der Waals surface area contributed by atoms with Crippen molar-refractivity contribution >= 4 is 39.8 Å². The van der Waals surface area contributed by atoms with Gasteiger partial charge in [0.2, 0.25) is 0 Å². The number of nitrogens with zero attached hydrogens (tertiary/aromatic N) is 2. The number of halogens is 1. The van der Waals surface area contributed by atoms with Gasteiger partial charge in [0.15, 0.2) is 15.8 Å². The fourth-order valence-electron chi connectivity index (χ4n) is 2.82. The SMILES string of the molecule is CCC1CCCCN1CCNC(=NC)NCCS(=O)(=O)CC.I. The summed E-state index contributed by atoms with van der Waals surface area (Å²) < 4.78 is 22.9. The molecule has 1 rings (SSSR count). The standard InChI is InChI=1S/C15H32N4O2S.HI/c1-4-14-8-6-7-11-19(14)12-9-17-15(16-3)18-10-13-22(20,21)5-2;/h14H,4-13H2,1-3H3,(H2,16,17,18);1H. The summed E-state index contributed by atoms with van der Waals surface area (Å²) in [5.74, 6) is 1.01. The zero-order valence-corrected chi connectivity index (χ0v) is 17.8. The van der Waals surface area contributed by atoms with Crippen LogP contribution in [0, 0.1) is 0 Å². The van der Waals surface area contributed by atoms with Gasteiger partial charge >= 0.3 is 0 Å². The number of nitrogens with one attached hydrogen (secondary N) is 2. The van der Waals surface area contributed by atoms with Crippen molar-refractivity contribution in [2.24, 2.45) is 4.99 Å². The van der Waals surface area contributed by atoms with Crippen molar-refractivity contribution < 1.29 is 8.42 Å². The molecular formula is C15H33IN4O2S. The van der Waals surface area contributed by atoms with Crippen LogP contribution in [0.1, 0.15) is 39.5 Å². The molecule has 0 aromatic carbocycles. The van der Waals surface area contributed by atoms with Crippen LogP contribution in [0.5, 0.6) is 0 Å². The number of hydrogen-bond acceptors (Lipinski definition) is 4. The van der Waals surface area contributed by atoms with Crippen molar-refractivity contribution in [2.75, 3.05) is 44.7 Å². The molecule has 0 bridgehead atoms. The predicted molar refractivity (Wildman–Crippen MR) is 109 cm³/mol. The number of aliphatic imine (C=N–C) groups is 1. The largest absolute Gasteiger partial charge is 0.355 e. The predicted octanol–water partition coefficient (Wildman–Crippen LogP) is 1.47. The Morgan fingerprint density at radius 1 is 1.22 bits per heavy atom. The van der Waals surface area contributed by atoms with Crippen LogP contribution < -0.4 is 10.6 Å². The summed E-state index contributed by atoms with van der Waals surface area (Å²) in [7, 11) is -1.22. The van der Waals surface area contributed by atoms with Gasteiger partial charge in [0.1, 0.15) is 0 Å². The first-order chi connectivity index (χ1) is 10.5. The number of rotatable bonds is 8. The molecule has 0 aromatic heterocycles. The molecule has 8 heteroatoms. The molecule has 1 unspecified atom stereocenters. The number of guanidine groups is 1. The quantitative estimate of drug-likeness (QED) is 0.326. The Morgan fingerprint density at radius 2 is 1.91 bits per heavy atom. The normalized spacial score (nSPS) is 20.0. The van der Waals surface area contributed by atoms with Crippen LogP contribution in [0.2, 0.25) is 0 Å². The van der Waals surface area contributed by atoms with Crippen molar-refractivity contribution in [2.45, 2.75) is 45.6 Å². The van der Waals surface area contributed by atoms with Crippen LogP contribution >= 0.6 is 24.0 Å². The van der Waals surface area contributed by atoms with Crippen LogP contribution in [-0.2, 0) is 9.84 Å². The molecule has 0 saturated carbocycles. The van der Waals surface area contributed by atoms with Crippen LogP contribution in [0.4, 0.5) is 0 Å². The highest BCUT2D eigenvalue weighted by molar-refractivity contribution is 14.0. The topological polar surface area (TPSA) is 73.8 Å². The Hall–Kier alpha value is -0.0900. The van der Waals surface area contributed by atoms with Gasteiger partial charge in [-0.25, -0.2) is 8.42 Å². The van der Waals surface area contributed by atoms with Crippen LogP contribution in [-0.4, -0.2) is 70.1 Å². The van der Waals surface area contributed by atoms with E-state index in [-0.39, 0.29) is 35.5 Å². The maximum absolute atomic E-state index is 11.5. The highest BCUT2D eigenvalue weighted by atomic mass is 127. The molecule has 0 aliphatic carbocycles. The molecule has 1 aliphatic heterocycles. The smallest absolute Gasteiger partial charge is 0.191 e. The van der Waals surface area contributed by atoms with E-state index in [1.807, 2.05) is 0 Å². The van der Waals surface area contributed by atoms with Gasteiger partial charge in [-0.05, 0) is 25.8 Å². The molecule has 0 radical (unpaired) electrons. The molecule has 0 amide bonds. The Morgan fingerprint density at radius 3 is 2.52 bits per heavy atom. The molecule has 6 nitrogen and oxygen atoms in total. The number of hydrogen-bond donors (Lipinski definition) is 2. The lowest BCUT2D eigenvalue weighted by Gasteiger charge is -2.35. The molecule has 1 aliphatic rings. The van der Waals surface area contributed by atoms with E-state index in [9.17, 15) is 8.42 Å². The molecule has 1 atom stereocenters. The molecule has 0 aromatic rings. The second-order valence-electron chi connectivity index (χ2n) is 5.76. The number of sulfone groups is 1. The summed E-state index contributed by atoms with van der Waals surface area (Å²) in [6.45, 7) is 7.34. The molecule has 23 heavy (non-hydrogen) atoms. The Labute approximate surface area is 158 Å². The summed E-state index contributed by atoms with van der Waals surface area (Å²) >= 11 is 0. The van der Waals surface area contributed by atoms with Gasteiger partial charge in [0, 0.05) is 38.5 Å². The fourth-order valence-corrected chi connectivity index (χ4v) is 3.53. The Bertz CT molecular complexity index is 443. The van der Waals surface area contributed by atoms with E-state index in [1.165, 1.54) is 32.2 Å². The van der Waals surface area contributed by atoms with Crippen molar-refractivity contribution in [1.29, 1.82) is 0 Å². The maximum Gasteiger partial charge on any atom is 0.191 e.